The molecule has 1 rings (SSSR count). The number of carboxylic acid groups (broad SMARTS) is 1. The quantitative estimate of drug-likeness (QED) is 0.775. The predicted octanol–water partition coefficient (Wildman–Crippen LogP) is 2.34. The highest BCUT2D eigenvalue weighted by Crippen LogP contribution is 2.41. The number of aliphatic carboxylic acids is 1. The third-order valence-corrected chi connectivity index (χ3v) is 3.73. The Morgan fingerprint density at radius 1 is 1.61 bits per heavy atom. The molecular formula is C12H16BrNO4. The number of aromatic hydroxyl groups is 1. The van der Waals surface area contributed by atoms with E-state index in [1.165, 1.54) is 7.11 Å². The largest absolute Gasteiger partial charge is 0.504 e. The smallest absolute Gasteiger partial charge is 0.303 e. The Balaban J connectivity index is 3.13. The van der Waals surface area contributed by atoms with Crippen molar-refractivity contribution in [1.82, 2.24) is 0 Å². The van der Waals surface area contributed by atoms with E-state index in [-0.39, 0.29) is 18.6 Å². The molecule has 0 heterocycles. The average Bonchev–Trinajstić information content (AvgIpc) is 2.31. The molecule has 0 radical (unpaired) electrons. The maximum Gasteiger partial charge on any atom is 0.303 e. The van der Waals surface area contributed by atoms with Crippen LogP contribution in [0.25, 0.3) is 0 Å². The van der Waals surface area contributed by atoms with E-state index in [2.05, 4.69) is 15.9 Å². The second-order valence-corrected chi connectivity index (χ2v) is 4.80. The number of benzene rings is 1. The summed E-state index contributed by atoms with van der Waals surface area (Å²) < 4.78 is 5.73. The van der Waals surface area contributed by atoms with Crippen LogP contribution in [0.15, 0.2) is 10.5 Å². The molecule has 0 saturated heterocycles. The number of methoxy groups -OCH3 is 1. The number of ether oxygens (including phenoxy) is 1. The van der Waals surface area contributed by atoms with Gasteiger partial charge < -0.3 is 20.7 Å². The number of hydrogen-bond donors (Lipinski definition) is 3. The Hall–Kier alpha value is -1.27. The molecule has 0 spiro atoms. The summed E-state index contributed by atoms with van der Waals surface area (Å²) in [5.41, 5.74) is 7.27. The van der Waals surface area contributed by atoms with Crippen molar-refractivity contribution in [2.24, 2.45) is 5.73 Å². The van der Waals surface area contributed by atoms with Gasteiger partial charge in [-0.3, -0.25) is 4.79 Å². The molecule has 0 bridgehead atoms. The molecular weight excluding hydrogens is 302 g/mol. The topological polar surface area (TPSA) is 92.8 Å². The van der Waals surface area contributed by atoms with Crippen LogP contribution in [0, 0.1) is 6.92 Å². The predicted molar refractivity (Wildman–Crippen MR) is 70.9 cm³/mol. The minimum atomic E-state index is -0.916. The highest BCUT2D eigenvalue weighted by atomic mass is 79.9. The molecule has 5 nitrogen and oxygen atoms in total. The number of phenolic OH excluding ortho intramolecular Hbond substituents is 1. The monoisotopic (exact) mass is 317 g/mol. The fourth-order valence-corrected chi connectivity index (χ4v) is 2.29. The summed E-state index contributed by atoms with van der Waals surface area (Å²) in [5, 5.41) is 18.7. The zero-order chi connectivity index (χ0) is 13.9. The number of nitrogens with two attached hydrogens (primary N) is 1. The molecule has 100 valence electrons. The average molecular weight is 318 g/mol. The summed E-state index contributed by atoms with van der Waals surface area (Å²) in [6, 6.07) is 1.12. The van der Waals surface area contributed by atoms with Gasteiger partial charge in [-0.25, -0.2) is 0 Å². The van der Waals surface area contributed by atoms with E-state index < -0.39 is 12.0 Å². The number of phenols is 1. The first-order valence-electron chi connectivity index (χ1n) is 5.41. The van der Waals surface area contributed by atoms with Gasteiger partial charge in [-0.15, -0.1) is 0 Å². The van der Waals surface area contributed by atoms with Crippen LogP contribution in [-0.2, 0) is 4.79 Å². The van der Waals surface area contributed by atoms with Crippen LogP contribution in [0.5, 0.6) is 11.5 Å². The van der Waals surface area contributed by atoms with E-state index in [1.807, 2.05) is 6.92 Å². The zero-order valence-corrected chi connectivity index (χ0v) is 11.8. The van der Waals surface area contributed by atoms with Gasteiger partial charge >= 0.3 is 5.97 Å². The van der Waals surface area contributed by atoms with E-state index in [4.69, 9.17) is 15.6 Å². The fourth-order valence-electron chi connectivity index (χ4n) is 1.69. The standard InChI is InChI=1S/C12H16BrNO4/c1-6-5-8(18-2)12(17)10(11(6)13)7(14)3-4-9(15)16/h5,7,17H,3-4,14H2,1-2H3,(H,15,16). The second kappa shape index (κ2) is 6.06. The Bertz CT molecular complexity index is 462. The van der Waals surface area contributed by atoms with Crippen LogP contribution < -0.4 is 10.5 Å². The van der Waals surface area contributed by atoms with Gasteiger partial charge in [0.05, 0.1) is 7.11 Å². The Morgan fingerprint density at radius 2 is 2.22 bits per heavy atom. The molecule has 0 aliphatic carbocycles. The first-order chi connectivity index (χ1) is 8.38. The summed E-state index contributed by atoms with van der Waals surface area (Å²) in [7, 11) is 1.45. The molecule has 0 aliphatic heterocycles. The lowest BCUT2D eigenvalue weighted by Gasteiger charge is -2.18. The van der Waals surface area contributed by atoms with Crippen molar-refractivity contribution in [3.05, 3.63) is 21.7 Å². The van der Waals surface area contributed by atoms with E-state index in [9.17, 15) is 9.90 Å². The summed E-state index contributed by atoms with van der Waals surface area (Å²) in [4.78, 5) is 10.5. The zero-order valence-electron chi connectivity index (χ0n) is 10.2. The Labute approximate surface area is 114 Å². The molecule has 1 atom stereocenters. The lowest BCUT2D eigenvalue weighted by Crippen LogP contribution is -2.14. The number of carboxylic acids is 1. The normalized spacial score (nSPS) is 12.2. The number of rotatable bonds is 5. The van der Waals surface area contributed by atoms with Crippen LogP contribution in [0.1, 0.15) is 30.0 Å². The molecule has 0 aromatic heterocycles. The van der Waals surface area contributed by atoms with Gasteiger partial charge in [0.2, 0.25) is 0 Å². The van der Waals surface area contributed by atoms with Gasteiger partial charge in [-0.05, 0) is 25.0 Å². The fraction of sp³-hybridized carbons (Fsp3) is 0.417. The molecule has 6 heteroatoms. The van der Waals surface area contributed by atoms with Gasteiger partial charge in [0, 0.05) is 22.5 Å². The molecule has 1 unspecified atom stereocenters. The van der Waals surface area contributed by atoms with Crippen molar-refractivity contribution in [2.45, 2.75) is 25.8 Å². The number of carbonyl (C=O) groups is 1. The minimum Gasteiger partial charge on any atom is -0.504 e. The van der Waals surface area contributed by atoms with Crippen LogP contribution in [-0.4, -0.2) is 23.3 Å². The maximum atomic E-state index is 10.5. The SMILES string of the molecule is COc1cc(C)c(Br)c(C(N)CCC(=O)O)c1O. The number of aryl methyl sites for hydroxylation is 1. The lowest BCUT2D eigenvalue weighted by atomic mass is 9.99. The number of halogens is 1. The Morgan fingerprint density at radius 3 is 2.72 bits per heavy atom. The van der Waals surface area contributed by atoms with Crippen LogP contribution in [0.3, 0.4) is 0 Å². The van der Waals surface area contributed by atoms with E-state index in [0.717, 1.165) is 5.56 Å². The summed E-state index contributed by atoms with van der Waals surface area (Å²) in [6.07, 6.45) is 0.192. The highest BCUT2D eigenvalue weighted by Gasteiger charge is 2.21. The lowest BCUT2D eigenvalue weighted by molar-refractivity contribution is -0.137. The van der Waals surface area contributed by atoms with E-state index >= 15 is 0 Å². The molecule has 0 saturated carbocycles. The third kappa shape index (κ3) is 3.14. The van der Waals surface area contributed by atoms with E-state index in [1.54, 1.807) is 6.07 Å². The molecule has 18 heavy (non-hydrogen) atoms. The number of hydrogen-bond acceptors (Lipinski definition) is 4. The third-order valence-electron chi connectivity index (χ3n) is 2.68. The van der Waals surface area contributed by atoms with Gasteiger partial charge in [0.1, 0.15) is 0 Å². The van der Waals surface area contributed by atoms with Gasteiger partial charge in [0.25, 0.3) is 0 Å². The van der Waals surface area contributed by atoms with Crippen LogP contribution >= 0.6 is 15.9 Å². The molecule has 1 aromatic carbocycles. The Kier molecular flexibility index (Phi) is 4.98. The van der Waals surface area contributed by atoms with Gasteiger partial charge in [-0.1, -0.05) is 15.9 Å². The van der Waals surface area contributed by atoms with Crippen molar-refractivity contribution in [2.75, 3.05) is 7.11 Å². The highest BCUT2D eigenvalue weighted by molar-refractivity contribution is 9.10. The first kappa shape index (κ1) is 14.8. The summed E-state index contributed by atoms with van der Waals surface area (Å²) >= 11 is 3.36. The summed E-state index contributed by atoms with van der Waals surface area (Å²) in [6.45, 7) is 1.85. The van der Waals surface area contributed by atoms with Crippen molar-refractivity contribution < 1.29 is 19.7 Å². The molecule has 1 aromatic rings. The minimum absolute atomic E-state index is 0.0483. The van der Waals surface area contributed by atoms with Gasteiger partial charge in [-0.2, -0.15) is 0 Å². The van der Waals surface area contributed by atoms with Crippen LogP contribution in [0.2, 0.25) is 0 Å². The maximum absolute atomic E-state index is 10.5. The summed E-state index contributed by atoms with van der Waals surface area (Å²) in [5.74, 6) is -0.634. The van der Waals surface area contributed by atoms with Crippen molar-refractivity contribution >= 4 is 21.9 Å². The second-order valence-electron chi connectivity index (χ2n) is 4.01. The molecule has 4 N–H and O–H groups in total. The molecule has 0 fully saturated rings. The molecule has 0 aliphatic rings. The van der Waals surface area contributed by atoms with Gasteiger partial charge in [0.15, 0.2) is 11.5 Å². The van der Waals surface area contributed by atoms with E-state index in [0.29, 0.717) is 15.8 Å². The molecule has 0 amide bonds. The first-order valence-corrected chi connectivity index (χ1v) is 6.21. The van der Waals surface area contributed by atoms with Crippen molar-refractivity contribution in [3.63, 3.8) is 0 Å². The van der Waals surface area contributed by atoms with Crippen molar-refractivity contribution in [1.29, 1.82) is 0 Å². The van der Waals surface area contributed by atoms with Crippen molar-refractivity contribution in [3.8, 4) is 11.5 Å². The van der Waals surface area contributed by atoms with Crippen LogP contribution in [0.4, 0.5) is 0 Å².